The van der Waals surface area contributed by atoms with E-state index in [9.17, 15) is 4.79 Å². The van der Waals surface area contributed by atoms with Crippen molar-refractivity contribution in [3.8, 4) is 0 Å². The van der Waals surface area contributed by atoms with E-state index in [-0.39, 0.29) is 5.91 Å². The van der Waals surface area contributed by atoms with Crippen LogP contribution < -0.4 is 5.32 Å². The van der Waals surface area contributed by atoms with E-state index in [1.54, 1.807) is 0 Å². The molecule has 0 aromatic heterocycles. The van der Waals surface area contributed by atoms with Crippen LogP contribution in [0.15, 0.2) is 0 Å². The normalized spacial score (nSPS) is 20.7. The number of hydrogen-bond donors (Lipinski definition) is 1. The van der Waals surface area contributed by atoms with Gasteiger partial charge >= 0.3 is 0 Å². The first-order valence-electron chi connectivity index (χ1n) is 5.24. The maximum Gasteiger partial charge on any atom is 0.224 e. The average Bonchev–Trinajstić information content (AvgIpc) is 2.33. The summed E-state index contributed by atoms with van der Waals surface area (Å²) in [6.45, 7) is 5.93. The number of rotatable bonds is 4. The predicted molar refractivity (Wildman–Crippen MR) is 55.1 cm³/mol. The third-order valence-corrected chi connectivity index (χ3v) is 2.40. The van der Waals surface area contributed by atoms with E-state index in [1.807, 2.05) is 11.9 Å². The third-order valence-electron chi connectivity index (χ3n) is 2.40. The van der Waals surface area contributed by atoms with Gasteiger partial charge in [0.1, 0.15) is 0 Å². The maximum absolute atomic E-state index is 11.6. The summed E-state index contributed by atoms with van der Waals surface area (Å²) in [5, 5.41) is 3.12. The zero-order valence-corrected chi connectivity index (χ0v) is 9.08. The van der Waals surface area contributed by atoms with Gasteiger partial charge in [0.15, 0.2) is 0 Å². The van der Waals surface area contributed by atoms with E-state index in [0.717, 1.165) is 19.6 Å². The fraction of sp³-hybridized carbons (Fsp3) is 0.900. The Morgan fingerprint density at radius 3 is 3.07 bits per heavy atom. The number of nitrogens with one attached hydrogen (secondary N) is 1. The summed E-state index contributed by atoms with van der Waals surface area (Å²) in [5.41, 5.74) is 0. The molecule has 1 atom stereocenters. The molecule has 4 nitrogen and oxygen atoms in total. The summed E-state index contributed by atoms with van der Waals surface area (Å²) in [6.07, 6.45) is 0.534. The number of amides is 1. The van der Waals surface area contributed by atoms with Crippen molar-refractivity contribution in [2.24, 2.45) is 5.92 Å². The molecule has 0 aromatic rings. The van der Waals surface area contributed by atoms with Crippen LogP contribution in [0.3, 0.4) is 0 Å². The smallest absolute Gasteiger partial charge is 0.224 e. The SMILES string of the molecule is CNCC(C)CN1CCOCCC1=O. The minimum atomic E-state index is 0.227. The van der Waals surface area contributed by atoms with Gasteiger partial charge in [0.25, 0.3) is 0 Å². The largest absolute Gasteiger partial charge is 0.379 e. The molecule has 1 saturated heterocycles. The molecule has 1 heterocycles. The van der Waals surface area contributed by atoms with Crippen molar-refractivity contribution >= 4 is 5.91 Å². The molecule has 1 aliphatic rings. The zero-order chi connectivity index (χ0) is 10.4. The number of carbonyl (C=O) groups is 1. The van der Waals surface area contributed by atoms with Gasteiger partial charge in [-0.15, -0.1) is 0 Å². The molecule has 0 saturated carbocycles. The molecule has 0 aromatic carbocycles. The van der Waals surface area contributed by atoms with Crippen LogP contribution in [0.25, 0.3) is 0 Å². The molecule has 0 spiro atoms. The summed E-state index contributed by atoms with van der Waals surface area (Å²) < 4.78 is 5.26. The molecule has 1 N–H and O–H groups in total. The van der Waals surface area contributed by atoms with Crippen molar-refractivity contribution in [2.45, 2.75) is 13.3 Å². The van der Waals surface area contributed by atoms with Gasteiger partial charge in [-0.05, 0) is 19.5 Å². The van der Waals surface area contributed by atoms with Crippen LogP contribution in [0, 0.1) is 5.92 Å². The first kappa shape index (κ1) is 11.5. The lowest BCUT2D eigenvalue weighted by atomic mass is 10.1. The highest BCUT2D eigenvalue weighted by molar-refractivity contribution is 5.76. The number of carbonyl (C=O) groups excluding carboxylic acids is 1. The first-order chi connectivity index (χ1) is 6.74. The van der Waals surface area contributed by atoms with Gasteiger partial charge in [0.05, 0.1) is 19.6 Å². The minimum absolute atomic E-state index is 0.227. The Bertz CT molecular complexity index is 185. The molecule has 1 fully saturated rings. The topological polar surface area (TPSA) is 41.6 Å². The van der Waals surface area contributed by atoms with Crippen LogP contribution >= 0.6 is 0 Å². The summed E-state index contributed by atoms with van der Waals surface area (Å²) in [6, 6.07) is 0. The molecule has 0 radical (unpaired) electrons. The second-order valence-electron chi connectivity index (χ2n) is 3.86. The van der Waals surface area contributed by atoms with E-state index in [1.165, 1.54) is 0 Å². The lowest BCUT2D eigenvalue weighted by molar-refractivity contribution is -0.130. The van der Waals surface area contributed by atoms with Gasteiger partial charge in [-0.25, -0.2) is 0 Å². The van der Waals surface area contributed by atoms with Crippen molar-refractivity contribution in [1.29, 1.82) is 0 Å². The van der Waals surface area contributed by atoms with Crippen LogP contribution in [-0.4, -0.2) is 50.7 Å². The van der Waals surface area contributed by atoms with E-state index in [4.69, 9.17) is 4.74 Å². The standard InChI is InChI=1S/C10H20N2O2/c1-9(7-11-2)8-12-4-6-14-5-3-10(12)13/h9,11H,3-8H2,1-2H3. The highest BCUT2D eigenvalue weighted by Crippen LogP contribution is 2.05. The minimum Gasteiger partial charge on any atom is -0.379 e. The maximum atomic E-state index is 11.6. The van der Waals surface area contributed by atoms with E-state index in [2.05, 4.69) is 12.2 Å². The fourth-order valence-corrected chi connectivity index (χ4v) is 1.70. The van der Waals surface area contributed by atoms with E-state index < -0.39 is 0 Å². The molecule has 1 amide bonds. The monoisotopic (exact) mass is 200 g/mol. The summed E-state index contributed by atoms with van der Waals surface area (Å²) in [4.78, 5) is 13.5. The molecule has 4 heteroatoms. The lowest BCUT2D eigenvalue weighted by Crippen LogP contribution is -2.37. The van der Waals surface area contributed by atoms with Crippen molar-refractivity contribution < 1.29 is 9.53 Å². The second-order valence-corrected chi connectivity index (χ2v) is 3.86. The Kier molecular flexibility index (Phi) is 4.90. The van der Waals surface area contributed by atoms with Crippen molar-refractivity contribution in [3.05, 3.63) is 0 Å². The van der Waals surface area contributed by atoms with Gasteiger partial charge < -0.3 is 15.0 Å². The van der Waals surface area contributed by atoms with Crippen molar-refractivity contribution in [3.63, 3.8) is 0 Å². The Balaban J connectivity index is 2.36. The summed E-state index contributed by atoms with van der Waals surface area (Å²) in [7, 11) is 1.93. The van der Waals surface area contributed by atoms with E-state index >= 15 is 0 Å². The molecular formula is C10H20N2O2. The molecular weight excluding hydrogens is 180 g/mol. The zero-order valence-electron chi connectivity index (χ0n) is 9.08. The van der Waals surface area contributed by atoms with Crippen molar-refractivity contribution in [1.82, 2.24) is 10.2 Å². The highest BCUT2D eigenvalue weighted by Gasteiger charge is 2.18. The van der Waals surface area contributed by atoms with Gasteiger partial charge in [-0.3, -0.25) is 4.79 Å². The Hall–Kier alpha value is -0.610. The Morgan fingerprint density at radius 1 is 1.57 bits per heavy atom. The van der Waals surface area contributed by atoms with Gasteiger partial charge in [0, 0.05) is 13.1 Å². The van der Waals surface area contributed by atoms with Crippen LogP contribution in [0.5, 0.6) is 0 Å². The van der Waals surface area contributed by atoms with E-state index in [0.29, 0.717) is 25.6 Å². The molecule has 1 rings (SSSR count). The molecule has 82 valence electrons. The highest BCUT2D eigenvalue weighted by atomic mass is 16.5. The first-order valence-corrected chi connectivity index (χ1v) is 5.24. The van der Waals surface area contributed by atoms with Crippen LogP contribution in [-0.2, 0) is 9.53 Å². The van der Waals surface area contributed by atoms with Gasteiger partial charge in [0.2, 0.25) is 5.91 Å². The van der Waals surface area contributed by atoms with Crippen LogP contribution in [0.2, 0.25) is 0 Å². The molecule has 0 aliphatic carbocycles. The average molecular weight is 200 g/mol. The quantitative estimate of drug-likeness (QED) is 0.699. The Morgan fingerprint density at radius 2 is 2.36 bits per heavy atom. The van der Waals surface area contributed by atoms with Crippen LogP contribution in [0.4, 0.5) is 0 Å². The summed E-state index contributed by atoms with van der Waals surface area (Å²) >= 11 is 0. The van der Waals surface area contributed by atoms with Crippen LogP contribution in [0.1, 0.15) is 13.3 Å². The molecule has 1 unspecified atom stereocenters. The molecule has 14 heavy (non-hydrogen) atoms. The molecule has 1 aliphatic heterocycles. The fourth-order valence-electron chi connectivity index (χ4n) is 1.70. The second kappa shape index (κ2) is 5.98. The van der Waals surface area contributed by atoms with Gasteiger partial charge in [-0.2, -0.15) is 0 Å². The van der Waals surface area contributed by atoms with Crippen molar-refractivity contribution in [2.75, 3.05) is 39.9 Å². The van der Waals surface area contributed by atoms with Gasteiger partial charge in [-0.1, -0.05) is 6.92 Å². The predicted octanol–water partition coefficient (Wildman–Crippen LogP) is 0.0908. The third kappa shape index (κ3) is 3.64. The Labute approximate surface area is 85.6 Å². The number of ether oxygens (including phenoxy) is 1. The summed E-state index contributed by atoms with van der Waals surface area (Å²) in [5.74, 6) is 0.729. The lowest BCUT2D eigenvalue weighted by Gasteiger charge is -2.23. The number of nitrogens with zero attached hydrogens (tertiary/aromatic N) is 1. The molecule has 0 bridgehead atoms. The number of hydrogen-bond acceptors (Lipinski definition) is 3.